The third-order valence-electron chi connectivity index (χ3n) is 3.89. The number of carbonyl (C=O) groups excluding carboxylic acids is 3. The third-order valence-corrected chi connectivity index (χ3v) is 3.89. The number of rotatable bonds is 7. The lowest BCUT2D eigenvalue weighted by Gasteiger charge is -2.20. The molecule has 0 spiro atoms. The largest absolute Gasteiger partial charge is 0.467 e. The van der Waals surface area contributed by atoms with Crippen LogP contribution in [-0.2, 0) is 20.9 Å². The van der Waals surface area contributed by atoms with Gasteiger partial charge in [0.05, 0.1) is 25.9 Å². The minimum absolute atomic E-state index is 0.0214. The second-order valence-corrected chi connectivity index (χ2v) is 5.69. The summed E-state index contributed by atoms with van der Waals surface area (Å²) in [7, 11) is 0. The first kappa shape index (κ1) is 17.1. The van der Waals surface area contributed by atoms with E-state index < -0.39 is 0 Å². The van der Waals surface area contributed by atoms with E-state index in [-0.39, 0.29) is 43.3 Å². The first-order chi connectivity index (χ1) is 11.1. The van der Waals surface area contributed by atoms with Crippen LogP contribution in [0.1, 0.15) is 37.9 Å². The van der Waals surface area contributed by atoms with Crippen LogP contribution in [0.2, 0.25) is 0 Å². The maximum atomic E-state index is 11.9. The summed E-state index contributed by atoms with van der Waals surface area (Å²) >= 11 is 0. The number of hydrogen-bond acceptors (Lipinski definition) is 4. The Kier molecular flexibility index (Phi) is 6.65. The Morgan fingerprint density at radius 1 is 1.00 bits per heavy atom. The molecule has 1 fully saturated rings. The molecule has 1 aliphatic rings. The van der Waals surface area contributed by atoms with E-state index in [0.29, 0.717) is 5.76 Å². The van der Waals surface area contributed by atoms with Gasteiger partial charge in [-0.3, -0.25) is 14.4 Å². The predicted octanol–water partition coefficient (Wildman–Crippen LogP) is 0.709. The van der Waals surface area contributed by atoms with E-state index in [1.165, 1.54) is 12.7 Å². The van der Waals surface area contributed by atoms with Crippen molar-refractivity contribution in [2.45, 2.75) is 38.6 Å². The van der Waals surface area contributed by atoms with Crippen LogP contribution in [0.25, 0.3) is 0 Å². The maximum Gasteiger partial charge on any atom is 0.239 e. The van der Waals surface area contributed by atoms with Crippen molar-refractivity contribution in [2.75, 3.05) is 13.1 Å². The molecule has 0 aromatic carbocycles. The lowest BCUT2D eigenvalue weighted by Crippen LogP contribution is -2.43. The summed E-state index contributed by atoms with van der Waals surface area (Å²) in [5, 5.41) is 7.73. The van der Waals surface area contributed by atoms with Gasteiger partial charge in [0.15, 0.2) is 0 Å². The van der Waals surface area contributed by atoms with Crippen LogP contribution < -0.4 is 16.0 Å². The molecule has 1 heterocycles. The molecule has 126 valence electrons. The fraction of sp³-hybridized carbons (Fsp3) is 0.562. The molecule has 23 heavy (non-hydrogen) atoms. The molecular weight excluding hydrogens is 298 g/mol. The number of hydrogen-bond donors (Lipinski definition) is 3. The standard InChI is InChI=1S/C16H23N3O4/c20-14(17-9-13-7-4-8-23-13)10-18-15(21)11-19-16(22)12-5-2-1-3-6-12/h4,7-8,12H,1-3,5-6,9-11H2,(H,17,20)(H,18,21)(H,19,22). The average molecular weight is 321 g/mol. The van der Waals surface area contributed by atoms with Crippen molar-refractivity contribution in [3.05, 3.63) is 24.2 Å². The highest BCUT2D eigenvalue weighted by molar-refractivity contribution is 5.88. The molecule has 1 saturated carbocycles. The summed E-state index contributed by atoms with van der Waals surface area (Å²) in [5.41, 5.74) is 0. The molecule has 1 aromatic heterocycles. The van der Waals surface area contributed by atoms with E-state index in [2.05, 4.69) is 16.0 Å². The average Bonchev–Trinajstić information content (AvgIpc) is 3.10. The van der Waals surface area contributed by atoms with Gasteiger partial charge >= 0.3 is 0 Å². The van der Waals surface area contributed by atoms with E-state index in [1.54, 1.807) is 12.1 Å². The van der Waals surface area contributed by atoms with Crippen LogP contribution in [0.4, 0.5) is 0 Å². The van der Waals surface area contributed by atoms with Crippen molar-refractivity contribution in [3.8, 4) is 0 Å². The Labute approximate surface area is 135 Å². The van der Waals surface area contributed by atoms with Crippen molar-refractivity contribution in [3.63, 3.8) is 0 Å². The number of amides is 3. The molecule has 0 aliphatic heterocycles. The molecule has 3 N–H and O–H groups in total. The molecule has 1 aromatic rings. The second kappa shape index (κ2) is 8.97. The zero-order valence-corrected chi connectivity index (χ0v) is 13.1. The van der Waals surface area contributed by atoms with Gasteiger partial charge in [0, 0.05) is 5.92 Å². The van der Waals surface area contributed by atoms with Crippen molar-refractivity contribution >= 4 is 17.7 Å². The van der Waals surface area contributed by atoms with Crippen LogP contribution in [-0.4, -0.2) is 30.8 Å². The molecule has 0 bridgehead atoms. The summed E-state index contributed by atoms with van der Waals surface area (Å²) in [6.45, 7) is 0.0553. The topological polar surface area (TPSA) is 100 Å². The number of furan rings is 1. The maximum absolute atomic E-state index is 11.9. The van der Waals surface area contributed by atoms with Gasteiger partial charge in [-0.1, -0.05) is 19.3 Å². The Bertz CT molecular complexity index is 521. The molecule has 2 rings (SSSR count). The zero-order chi connectivity index (χ0) is 16.5. The first-order valence-corrected chi connectivity index (χ1v) is 7.98. The van der Waals surface area contributed by atoms with E-state index in [1.807, 2.05) is 0 Å². The molecular formula is C16H23N3O4. The monoisotopic (exact) mass is 321 g/mol. The van der Waals surface area contributed by atoms with E-state index in [0.717, 1.165) is 25.7 Å². The quantitative estimate of drug-likeness (QED) is 0.688. The number of carbonyl (C=O) groups is 3. The SMILES string of the molecule is O=C(CNC(=O)CNC(=O)C1CCCCC1)NCc1ccco1. The van der Waals surface area contributed by atoms with Crippen molar-refractivity contribution in [2.24, 2.45) is 5.92 Å². The van der Waals surface area contributed by atoms with E-state index in [9.17, 15) is 14.4 Å². The summed E-state index contributed by atoms with van der Waals surface area (Å²) in [6.07, 6.45) is 6.63. The first-order valence-electron chi connectivity index (χ1n) is 7.98. The van der Waals surface area contributed by atoms with Gasteiger partial charge < -0.3 is 20.4 Å². The molecule has 7 heteroatoms. The van der Waals surface area contributed by atoms with Gasteiger partial charge in [-0.15, -0.1) is 0 Å². The van der Waals surface area contributed by atoms with Crippen LogP contribution in [0.15, 0.2) is 22.8 Å². The Hall–Kier alpha value is -2.31. The van der Waals surface area contributed by atoms with E-state index in [4.69, 9.17) is 4.42 Å². The fourth-order valence-corrected chi connectivity index (χ4v) is 2.58. The minimum atomic E-state index is -0.373. The van der Waals surface area contributed by atoms with Crippen LogP contribution >= 0.6 is 0 Å². The highest BCUT2D eigenvalue weighted by atomic mass is 16.3. The molecule has 0 radical (unpaired) electrons. The Balaban J connectivity index is 1.57. The minimum Gasteiger partial charge on any atom is -0.467 e. The number of nitrogens with one attached hydrogen (secondary N) is 3. The lowest BCUT2D eigenvalue weighted by atomic mass is 9.89. The van der Waals surface area contributed by atoms with Gasteiger partial charge in [0.25, 0.3) is 0 Å². The zero-order valence-electron chi connectivity index (χ0n) is 13.1. The smallest absolute Gasteiger partial charge is 0.239 e. The highest BCUT2D eigenvalue weighted by Gasteiger charge is 2.21. The van der Waals surface area contributed by atoms with E-state index >= 15 is 0 Å². The molecule has 7 nitrogen and oxygen atoms in total. The Morgan fingerprint density at radius 2 is 1.70 bits per heavy atom. The highest BCUT2D eigenvalue weighted by Crippen LogP contribution is 2.23. The van der Waals surface area contributed by atoms with Gasteiger partial charge in [-0.2, -0.15) is 0 Å². The van der Waals surface area contributed by atoms with Crippen LogP contribution in [0.5, 0.6) is 0 Å². The van der Waals surface area contributed by atoms with Gasteiger partial charge in [0.2, 0.25) is 17.7 Å². The lowest BCUT2D eigenvalue weighted by molar-refractivity contribution is -0.129. The second-order valence-electron chi connectivity index (χ2n) is 5.69. The molecule has 3 amide bonds. The summed E-state index contributed by atoms with van der Waals surface area (Å²) in [4.78, 5) is 35.1. The predicted molar refractivity (Wildman–Crippen MR) is 83.1 cm³/mol. The molecule has 1 aliphatic carbocycles. The van der Waals surface area contributed by atoms with Crippen LogP contribution in [0.3, 0.4) is 0 Å². The molecule has 0 unspecified atom stereocenters. The summed E-state index contributed by atoms with van der Waals surface area (Å²) < 4.78 is 5.08. The summed E-state index contributed by atoms with van der Waals surface area (Å²) in [5.74, 6) is -0.0876. The third kappa shape index (κ3) is 6.14. The molecule has 0 saturated heterocycles. The van der Waals surface area contributed by atoms with Crippen molar-refractivity contribution < 1.29 is 18.8 Å². The van der Waals surface area contributed by atoms with Crippen LogP contribution in [0, 0.1) is 5.92 Å². The van der Waals surface area contributed by atoms with Crippen molar-refractivity contribution in [1.82, 2.24) is 16.0 Å². The Morgan fingerprint density at radius 3 is 2.39 bits per heavy atom. The molecule has 0 atom stereocenters. The summed E-state index contributed by atoms with van der Waals surface area (Å²) in [6, 6.07) is 3.48. The van der Waals surface area contributed by atoms with Gasteiger partial charge in [-0.25, -0.2) is 0 Å². The van der Waals surface area contributed by atoms with Gasteiger partial charge in [0.1, 0.15) is 5.76 Å². The fourth-order valence-electron chi connectivity index (χ4n) is 2.58. The van der Waals surface area contributed by atoms with Crippen molar-refractivity contribution in [1.29, 1.82) is 0 Å². The normalized spacial score (nSPS) is 15.0. The van der Waals surface area contributed by atoms with Gasteiger partial charge in [-0.05, 0) is 25.0 Å².